The van der Waals surface area contributed by atoms with Gasteiger partial charge in [-0.25, -0.2) is 4.99 Å². The summed E-state index contributed by atoms with van der Waals surface area (Å²) in [5.41, 5.74) is 5.55. The van der Waals surface area contributed by atoms with Crippen molar-refractivity contribution in [1.82, 2.24) is 9.36 Å². The van der Waals surface area contributed by atoms with Gasteiger partial charge in [-0.05, 0) is 53.2 Å². The Labute approximate surface area is 158 Å². The fourth-order valence-electron chi connectivity index (χ4n) is 3.49. The van der Waals surface area contributed by atoms with E-state index in [4.69, 9.17) is 4.74 Å². The third-order valence-electron chi connectivity index (χ3n) is 4.40. The maximum Gasteiger partial charge on any atom is 0.250 e. The molecule has 0 amide bonds. The molecule has 0 bridgehead atoms. The summed E-state index contributed by atoms with van der Waals surface area (Å²) < 4.78 is 9.64. The summed E-state index contributed by atoms with van der Waals surface area (Å²) in [7, 11) is 1.60. The van der Waals surface area contributed by atoms with Gasteiger partial charge in [0.05, 0.1) is 12.8 Å². The van der Waals surface area contributed by atoms with E-state index in [0.29, 0.717) is 9.87 Å². The van der Waals surface area contributed by atoms with E-state index in [1.165, 1.54) is 41.2 Å². The van der Waals surface area contributed by atoms with Crippen LogP contribution in [0.1, 0.15) is 24.0 Å². The van der Waals surface area contributed by atoms with Crippen molar-refractivity contribution in [2.45, 2.75) is 25.7 Å². The first-order chi connectivity index (χ1) is 12.3. The zero-order chi connectivity index (χ0) is 17.2. The van der Waals surface area contributed by atoms with Gasteiger partial charge in [0.25, 0.3) is 0 Å². The molecule has 0 fully saturated rings. The van der Waals surface area contributed by atoms with Crippen LogP contribution in [0.3, 0.4) is 0 Å². The molecule has 7 nitrogen and oxygen atoms in total. The number of aromatic nitrogens is 2. The molecule has 0 saturated heterocycles. The van der Waals surface area contributed by atoms with Crippen LogP contribution < -0.4 is 4.90 Å². The molecule has 3 heterocycles. The van der Waals surface area contributed by atoms with E-state index in [0.717, 1.165) is 43.7 Å². The molecular weight excluding hydrogens is 404 g/mol. The highest BCUT2D eigenvalue weighted by molar-refractivity contribution is 9.10. The molecule has 1 aromatic carbocycles. The number of benzene rings is 1. The fraction of sp³-hybridized carbons (Fsp3) is 0.438. The minimum absolute atomic E-state index is 0.515. The molecule has 9 heteroatoms. The molecular formula is C16H17BrN6OS. The van der Waals surface area contributed by atoms with Crippen LogP contribution in [-0.4, -0.2) is 36.0 Å². The number of anilines is 1. The summed E-state index contributed by atoms with van der Waals surface area (Å²) in [6.07, 6.45) is 5.84. The van der Waals surface area contributed by atoms with Crippen LogP contribution in [0.5, 0.6) is 0 Å². The molecule has 2 aliphatic heterocycles. The topological polar surface area (TPSA) is 75.3 Å². The van der Waals surface area contributed by atoms with Crippen molar-refractivity contribution in [2.75, 3.05) is 25.1 Å². The maximum atomic E-state index is 5.05. The number of azo groups is 1. The van der Waals surface area contributed by atoms with Crippen LogP contribution >= 0.6 is 27.5 Å². The van der Waals surface area contributed by atoms with Gasteiger partial charge < -0.3 is 9.64 Å². The summed E-state index contributed by atoms with van der Waals surface area (Å²) in [6.45, 7) is 2.24. The van der Waals surface area contributed by atoms with Crippen molar-refractivity contribution in [2.24, 2.45) is 15.2 Å². The second-order valence-electron chi connectivity index (χ2n) is 5.94. The van der Waals surface area contributed by atoms with E-state index < -0.39 is 0 Å². The number of rotatable bonds is 4. The predicted molar refractivity (Wildman–Crippen MR) is 102 cm³/mol. The zero-order valence-electron chi connectivity index (χ0n) is 13.8. The maximum absolute atomic E-state index is 5.05. The standard InChI is InChI=1S/C16H17BrN6OS/c1-24-9-18-13-11-5-3-7-23-6-2-4-10(14(11)23)8-12(13)20-21-16-19-15(17)22-25-16/h8-9H,2-7H2,1H3/b18-9-,21-20?. The van der Waals surface area contributed by atoms with Gasteiger partial charge in [0, 0.05) is 35.9 Å². The van der Waals surface area contributed by atoms with Crippen LogP contribution in [0.4, 0.5) is 22.2 Å². The second kappa shape index (κ2) is 7.17. The van der Waals surface area contributed by atoms with E-state index in [-0.39, 0.29) is 0 Å². The van der Waals surface area contributed by atoms with Crippen LogP contribution in [0, 0.1) is 0 Å². The highest BCUT2D eigenvalue weighted by Gasteiger charge is 2.27. The molecule has 4 rings (SSSR count). The van der Waals surface area contributed by atoms with Crippen LogP contribution in [0.25, 0.3) is 0 Å². The van der Waals surface area contributed by atoms with Gasteiger partial charge >= 0.3 is 0 Å². The van der Waals surface area contributed by atoms with Crippen molar-refractivity contribution < 1.29 is 4.74 Å². The third kappa shape index (κ3) is 3.30. The molecule has 0 N–H and O–H groups in total. The molecule has 2 aromatic rings. The first-order valence-corrected chi connectivity index (χ1v) is 9.73. The minimum atomic E-state index is 0.515. The Morgan fingerprint density at radius 3 is 2.88 bits per heavy atom. The van der Waals surface area contributed by atoms with Crippen molar-refractivity contribution in [3.05, 3.63) is 21.9 Å². The molecule has 0 spiro atoms. The molecule has 2 aliphatic rings. The van der Waals surface area contributed by atoms with E-state index in [1.807, 2.05) is 0 Å². The average molecular weight is 421 g/mol. The molecule has 0 saturated carbocycles. The molecule has 1 aromatic heterocycles. The van der Waals surface area contributed by atoms with Crippen molar-refractivity contribution in [1.29, 1.82) is 0 Å². The monoisotopic (exact) mass is 420 g/mol. The summed E-state index contributed by atoms with van der Waals surface area (Å²) in [6, 6.07) is 2.11. The Kier molecular flexibility index (Phi) is 4.76. The average Bonchev–Trinajstić information content (AvgIpc) is 3.05. The summed E-state index contributed by atoms with van der Waals surface area (Å²) in [4.78, 5) is 11.2. The molecule has 130 valence electrons. The van der Waals surface area contributed by atoms with E-state index >= 15 is 0 Å². The number of nitrogens with zero attached hydrogens (tertiary/aromatic N) is 6. The van der Waals surface area contributed by atoms with Crippen molar-refractivity contribution in [3.8, 4) is 0 Å². The van der Waals surface area contributed by atoms with E-state index in [1.54, 1.807) is 7.11 Å². The lowest BCUT2D eigenvalue weighted by Gasteiger charge is -2.37. The lowest BCUT2D eigenvalue weighted by atomic mass is 9.90. The number of methoxy groups -OCH3 is 1. The zero-order valence-corrected chi connectivity index (χ0v) is 16.2. The number of ether oxygens (including phenoxy) is 1. The van der Waals surface area contributed by atoms with Gasteiger partial charge in [0.1, 0.15) is 5.69 Å². The lowest BCUT2D eigenvalue weighted by Crippen LogP contribution is -2.34. The minimum Gasteiger partial charge on any atom is -0.486 e. The molecule has 0 aliphatic carbocycles. The van der Waals surface area contributed by atoms with Crippen LogP contribution in [-0.2, 0) is 17.6 Å². The highest BCUT2D eigenvalue weighted by Crippen LogP contribution is 2.46. The van der Waals surface area contributed by atoms with Gasteiger partial charge in [-0.1, -0.05) is 0 Å². The Morgan fingerprint density at radius 1 is 1.28 bits per heavy atom. The quantitative estimate of drug-likeness (QED) is 0.407. The smallest absolute Gasteiger partial charge is 0.250 e. The largest absolute Gasteiger partial charge is 0.486 e. The van der Waals surface area contributed by atoms with Gasteiger partial charge in [0.15, 0.2) is 6.40 Å². The van der Waals surface area contributed by atoms with Gasteiger partial charge in [-0.2, -0.15) is 9.36 Å². The lowest BCUT2D eigenvalue weighted by molar-refractivity contribution is 0.423. The number of halogens is 1. The van der Waals surface area contributed by atoms with Gasteiger partial charge in [0.2, 0.25) is 9.87 Å². The van der Waals surface area contributed by atoms with Gasteiger partial charge in [-0.15, -0.1) is 10.2 Å². The Balaban J connectivity index is 1.82. The molecule has 0 unspecified atom stereocenters. The normalized spacial score (nSPS) is 16.6. The Bertz CT molecular complexity index is 847. The molecule has 0 atom stereocenters. The fourth-order valence-corrected chi connectivity index (χ4v) is 4.39. The second-order valence-corrected chi connectivity index (χ2v) is 7.38. The van der Waals surface area contributed by atoms with Crippen molar-refractivity contribution >= 4 is 56.1 Å². The van der Waals surface area contributed by atoms with Crippen LogP contribution in [0.2, 0.25) is 0 Å². The summed E-state index contributed by atoms with van der Waals surface area (Å²) in [5, 5.41) is 9.19. The summed E-state index contributed by atoms with van der Waals surface area (Å²) >= 11 is 4.44. The molecule has 0 radical (unpaired) electrons. The number of hydrogen-bond donors (Lipinski definition) is 0. The van der Waals surface area contributed by atoms with Gasteiger partial charge in [-0.3, -0.25) is 0 Å². The van der Waals surface area contributed by atoms with Crippen LogP contribution in [0.15, 0.2) is 26.0 Å². The predicted octanol–water partition coefficient (Wildman–Crippen LogP) is 4.72. The van der Waals surface area contributed by atoms with Crippen molar-refractivity contribution in [3.63, 3.8) is 0 Å². The highest BCUT2D eigenvalue weighted by atomic mass is 79.9. The first-order valence-electron chi connectivity index (χ1n) is 8.16. The summed E-state index contributed by atoms with van der Waals surface area (Å²) in [5.74, 6) is 0. The molecule has 25 heavy (non-hydrogen) atoms. The third-order valence-corrected chi connectivity index (χ3v) is 5.59. The number of aliphatic imine (C=N–C) groups is 1. The number of aryl methyl sites for hydroxylation is 1. The number of hydrogen-bond acceptors (Lipinski definition) is 8. The van der Waals surface area contributed by atoms with E-state index in [9.17, 15) is 0 Å². The first kappa shape index (κ1) is 16.6. The Hall–Kier alpha value is -1.87. The SMILES string of the molecule is CO/C=N\c1c(N=Nc2nc(Br)ns2)cc2c3c1CCCN3CCC2. The Morgan fingerprint density at radius 2 is 2.12 bits per heavy atom. The van der Waals surface area contributed by atoms with E-state index in [2.05, 4.69) is 51.5 Å².